The SMILES string of the molecule is CC(C)CCCC(C)CC[C@](C)(O)/C=C\Sc1ccccc1. The quantitative estimate of drug-likeness (QED) is 0.511. The maximum Gasteiger partial charge on any atom is 0.0807 e. The molecular formula is C20H32OS. The lowest BCUT2D eigenvalue weighted by atomic mass is 9.91. The predicted octanol–water partition coefficient (Wildman–Crippen LogP) is 6.29. The first-order valence-corrected chi connectivity index (χ1v) is 9.39. The van der Waals surface area contributed by atoms with E-state index in [2.05, 4.69) is 32.9 Å². The number of thioether (sulfide) groups is 1. The topological polar surface area (TPSA) is 20.2 Å². The fourth-order valence-electron chi connectivity index (χ4n) is 2.40. The Morgan fingerprint density at radius 2 is 1.77 bits per heavy atom. The highest BCUT2D eigenvalue weighted by atomic mass is 32.2. The second-order valence-corrected chi connectivity index (χ2v) is 8.04. The zero-order valence-electron chi connectivity index (χ0n) is 14.6. The molecule has 1 unspecified atom stereocenters. The van der Waals surface area contributed by atoms with Crippen LogP contribution >= 0.6 is 11.8 Å². The first-order chi connectivity index (χ1) is 10.4. The van der Waals surface area contributed by atoms with Crippen molar-refractivity contribution in [3.8, 4) is 0 Å². The number of benzene rings is 1. The van der Waals surface area contributed by atoms with Gasteiger partial charge in [-0.05, 0) is 55.2 Å². The van der Waals surface area contributed by atoms with E-state index >= 15 is 0 Å². The number of rotatable bonds is 10. The van der Waals surface area contributed by atoms with Crippen LogP contribution < -0.4 is 0 Å². The maximum absolute atomic E-state index is 10.5. The van der Waals surface area contributed by atoms with Gasteiger partial charge in [0.05, 0.1) is 5.60 Å². The molecule has 0 aromatic heterocycles. The summed E-state index contributed by atoms with van der Waals surface area (Å²) in [5.41, 5.74) is -0.700. The van der Waals surface area contributed by atoms with Crippen molar-refractivity contribution >= 4 is 11.8 Å². The highest BCUT2D eigenvalue weighted by Gasteiger charge is 2.17. The van der Waals surface area contributed by atoms with E-state index in [1.54, 1.807) is 11.8 Å². The minimum absolute atomic E-state index is 0.695. The summed E-state index contributed by atoms with van der Waals surface area (Å²) in [6.07, 6.45) is 7.75. The molecule has 2 atom stereocenters. The summed E-state index contributed by atoms with van der Waals surface area (Å²) in [6.45, 7) is 8.78. The molecule has 0 heterocycles. The Hall–Kier alpha value is -0.730. The van der Waals surface area contributed by atoms with Gasteiger partial charge in [0, 0.05) is 4.90 Å². The zero-order chi connectivity index (χ0) is 16.4. The van der Waals surface area contributed by atoms with Crippen LogP contribution in [0.1, 0.15) is 59.8 Å². The summed E-state index contributed by atoms with van der Waals surface area (Å²) >= 11 is 1.66. The molecule has 1 rings (SSSR count). The van der Waals surface area contributed by atoms with Crippen LogP contribution in [-0.4, -0.2) is 10.7 Å². The van der Waals surface area contributed by atoms with Gasteiger partial charge in [0.1, 0.15) is 0 Å². The molecule has 0 bridgehead atoms. The van der Waals surface area contributed by atoms with Gasteiger partial charge >= 0.3 is 0 Å². The molecular weight excluding hydrogens is 288 g/mol. The van der Waals surface area contributed by atoms with Crippen LogP contribution in [0.25, 0.3) is 0 Å². The van der Waals surface area contributed by atoms with Gasteiger partial charge in [-0.3, -0.25) is 0 Å². The first kappa shape index (κ1) is 19.3. The van der Waals surface area contributed by atoms with E-state index in [-0.39, 0.29) is 0 Å². The number of hydrogen-bond acceptors (Lipinski definition) is 2. The van der Waals surface area contributed by atoms with E-state index in [0.29, 0.717) is 5.92 Å². The van der Waals surface area contributed by atoms with Crippen LogP contribution in [0.2, 0.25) is 0 Å². The maximum atomic E-state index is 10.5. The van der Waals surface area contributed by atoms with Gasteiger partial charge in [-0.25, -0.2) is 0 Å². The Kier molecular flexibility index (Phi) is 8.89. The van der Waals surface area contributed by atoms with Gasteiger partial charge in [0.2, 0.25) is 0 Å². The second-order valence-electron chi connectivity index (χ2n) is 7.06. The van der Waals surface area contributed by atoms with E-state index in [1.165, 1.54) is 24.2 Å². The van der Waals surface area contributed by atoms with Crippen molar-refractivity contribution in [2.24, 2.45) is 11.8 Å². The molecule has 0 amide bonds. The van der Waals surface area contributed by atoms with Crippen molar-refractivity contribution in [1.82, 2.24) is 0 Å². The van der Waals surface area contributed by atoms with Crippen LogP contribution in [0.5, 0.6) is 0 Å². The molecule has 0 spiro atoms. The minimum Gasteiger partial charge on any atom is -0.386 e. The van der Waals surface area contributed by atoms with E-state index in [4.69, 9.17) is 0 Å². The largest absolute Gasteiger partial charge is 0.386 e. The molecule has 124 valence electrons. The first-order valence-electron chi connectivity index (χ1n) is 8.51. The van der Waals surface area contributed by atoms with Crippen LogP contribution in [0.15, 0.2) is 46.7 Å². The summed E-state index contributed by atoms with van der Waals surface area (Å²) < 4.78 is 0. The van der Waals surface area contributed by atoms with Crippen LogP contribution in [0.3, 0.4) is 0 Å². The molecule has 0 aliphatic heterocycles. The monoisotopic (exact) mass is 320 g/mol. The molecule has 1 aromatic rings. The predicted molar refractivity (Wildman–Crippen MR) is 99.1 cm³/mol. The van der Waals surface area contributed by atoms with Crippen molar-refractivity contribution in [3.63, 3.8) is 0 Å². The van der Waals surface area contributed by atoms with Gasteiger partial charge in [-0.15, -0.1) is 0 Å². The third kappa shape index (κ3) is 9.32. The number of aliphatic hydroxyl groups is 1. The molecule has 0 fully saturated rings. The van der Waals surface area contributed by atoms with E-state index < -0.39 is 5.60 Å². The van der Waals surface area contributed by atoms with Gasteiger partial charge in [-0.2, -0.15) is 0 Å². The molecule has 1 aromatic carbocycles. The van der Waals surface area contributed by atoms with E-state index in [9.17, 15) is 5.11 Å². The molecule has 1 nitrogen and oxygen atoms in total. The van der Waals surface area contributed by atoms with Crippen LogP contribution in [0, 0.1) is 11.8 Å². The molecule has 0 aliphatic rings. The third-order valence-corrected chi connectivity index (χ3v) is 4.81. The average Bonchev–Trinajstić information content (AvgIpc) is 2.46. The van der Waals surface area contributed by atoms with Crippen LogP contribution in [0.4, 0.5) is 0 Å². The molecule has 0 radical (unpaired) electrons. The second kappa shape index (κ2) is 10.1. The van der Waals surface area contributed by atoms with E-state index in [0.717, 1.165) is 18.8 Å². The lowest BCUT2D eigenvalue weighted by molar-refractivity contribution is 0.0937. The Morgan fingerprint density at radius 3 is 2.41 bits per heavy atom. The molecule has 0 saturated heterocycles. The summed E-state index contributed by atoms with van der Waals surface area (Å²) in [7, 11) is 0. The number of hydrogen-bond donors (Lipinski definition) is 1. The average molecular weight is 321 g/mol. The fourth-order valence-corrected chi connectivity index (χ4v) is 3.23. The van der Waals surface area contributed by atoms with Crippen molar-refractivity contribution in [3.05, 3.63) is 41.8 Å². The summed E-state index contributed by atoms with van der Waals surface area (Å²) in [4.78, 5) is 1.21. The normalized spacial score (nSPS) is 16.1. The van der Waals surface area contributed by atoms with Gasteiger partial charge < -0.3 is 5.11 Å². The minimum atomic E-state index is -0.700. The Bertz CT molecular complexity index is 423. The van der Waals surface area contributed by atoms with E-state index in [1.807, 2.05) is 36.6 Å². The van der Waals surface area contributed by atoms with Gasteiger partial charge in [-0.1, -0.05) is 70.0 Å². The highest BCUT2D eigenvalue weighted by Crippen LogP contribution is 2.25. The lowest BCUT2D eigenvalue weighted by Crippen LogP contribution is -2.21. The zero-order valence-corrected chi connectivity index (χ0v) is 15.4. The van der Waals surface area contributed by atoms with Crippen LogP contribution in [-0.2, 0) is 0 Å². The summed E-state index contributed by atoms with van der Waals surface area (Å²) in [6, 6.07) is 10.3. The molecule has 0 saturated carbocycles. The highest BCUT2D eigenvalue weighted by molar-refractivity contribution is 8.02. The lowest BCUT2D eigenvalue weighted by Gasteiger charge is -2.21. The third-order valence-electron chi connectivity index (χ3n) is 4.00. The Balaban J connectivity index is 2.27. The Morgan fingerprint density at radius 1 is 1.09 bits per heavy atom. The smallest absolute Gasteiger partial charge is 0.0807 e. The van der Waals surface area contributed by atoms with Gasteiger partial charge in [0.25, 0.3) is 0 Å². The summed E-state index contributed by atoms with van der Waals surface area (Å²) in [5.74, 6) is 1.49. The van der Waals surface area contributed by atoms with Crippen molar-refractivity contribution < 1.29 is 5.11 Å². The molecule has 1 N–H and O–H groups in total. The van der Waals surface area contributed by atoms with Crippen molar-refractivity contribution in [1.29, 1.82) is 0 Å². The summed E-state index contributed by atoms with van der Waals surface area (Å²) in [5, 5.41) is 12.5. The molecule has 2 heteroatoms. The Labute approximate surface area is 141 Å². The van der Waals surface area contributed by atoms with Crippen molar-refractivity contribution in [2.75, 3.05) is 0 Å². The van der Waals surface area contributed by atoms with Crippen molar-refractivity contribution in [2.45, 2.75) is 70.3 Å². The molecule has 0 aliphatic carbocycles. The standard InChI is InChI=1S/C20H32OS/c1-17(2)9-8-10-18(3)13-14-20(4,21)15-16-22-19-11-6-5-7-12-19/h5-7,11-12,15-18,21H,8-10,13-14H2,1-4H3/b16-15-/t18?,20-/m0/s1. The van der Waals surface area contributed by atoms with Gasteiger partial charge in [0.15, 0.2) is 0 Å². The molecule has 22 heavy (non-hydrogen) atoms. The fraction of sp³-hybridized carbons (Fsp3) is 0.600.